The van der Waals surface area contributed by atoms with Crippen LogP contribution in [0, 0.1) is 0 Å². The maximum Gasteiger partial charge on any atom is 0.335 e. The molecule has 1 aliphatic rings. The second-order valence-electron chi connectivity index (χ2n) is 14.1. The maximum absolute atomic E-state index is 14.3. The Bertz CT molecular complexity index is 2050. The summed E-state index contributed by atoms with van der Waals surface area (Å²) in [6.45, 7) is 0.993. The number of carboxylic acids is 2. The van der Waals surface area contributed by atoms with E-state index in [1.54, 1.807) is 37.3 Å². The normalized spacial score (nSPS) is 16.1. The van der Waals surface area contributed by atoms with Crippen molar-refractivity contribution in [1.82, 2.24) is 26.2 Å². The number of Topliss-reactive ketones (excluding diaryl/α,β-unsaturated/α-hetero) is 1. The van der Waals surface area contributed by atoms with E-state index in [-0.39, 0.29) is 56.4 Å². The lowest BCUT2D eigenvalue weighted by Crippen LogP contribution is -2.56. The van der Waals surface area contributed by atoms with E-state index in [1.807, 2.05) is 30.3 Å². The molecule has 0 bridgehead atoms. The molecule has 3 aromatic carbocycles. The number of likely N-dealkylation sites (tertiary alicyclic amines) is 1. The lowest BCUT2D eigenvalue weighted by atomic mass is 10.0. The molecule has 5 atom stereocenters. The molecule has 4 rings (SSSR count). The van der Waals surface area contributed by atoms with E-state index < -0.39 is 90.0 Å². The molecule has 1 fully saturated rings. The SMILES string of the molecule is CCCC(NC(=O)[C@@H]1C[C@@H](OCc2ccccc2)CN1C(=O)[C@H](CCCC(=O)O)NC(=O)c1cccc(C(=O)O)c1)C(=O)C(=O)NCC(=O)N[C@H](C(N)=O)c1ccccc1. The van der Waals surface area contributed by atoms with Crippen LogP contribution in [-0.2, 0) is 44.9 Å². The summed E-state index contributed by atoms with van der Waals surface area (Å²) in [4.78, 5) is 117. The number of ketones is 1. The van der Waals surface area contributed by atoms with Crippen LogP contribution in [0.1, 0.15) is 83.3 Å². The predicted octanol–water partition coefficient (Wildman–Crippen LogP) is 1.24. The van der Waals surface area contributed by atoms with Gasteiger partial charge in [-0.1, -0.05) is 80.1 Å². The van der Waals surface area contributed by atoms with Gasteiger partial charge in [0.25, 0.3) is 11.8 Å². The smallest absolute Gasteiger partial charge is 0.335 e. The molecule has 8 N–H and O–H groups in total. The van der Waals surface area contributed by atoms with E-state index in [4.69, 9.17) is 10.5 Å². The van der Waals surface area contributed by atoms with E-state index in [9.17, 15) is 53.4 Å². The predicted molar refractivity (Wildman–Crippen MR) is 213 cm³/mol. The summed E-state index contributed by atoms with van der Waals surface area (Å²) in [6.07, 6.45) is -0.984. The van der Waals surface area contributed by atoms with Crippen LogP contribution in [0.2, 0.25) is 0 Å². The van der Waals surface area contributed by atoms with Crippen LogP contribution in [0.5, 0.6) is 0 Å². The first kappa shape index (κ1) is 45.7. The summed E-state index contributed by atoms with van der Waals surface area (Å²) in [5.41, 5.74) is 6.41. The van der Waals surface area contributed by atoms with Crippen molar-refractivity contribution in [2.45, 2.75) is 82.3 Å². The monoisotopic (exact) mass is 828 g/mol. The molecular weight excluding hydrogens is 780 g/mol. The average molecular weight is 829 g/mol. The number of primary amides is 1. The van der Waals surface area contributed by atoms with Crippen molar-refractivity contribution in [3.8, 4) is 0 Å². The molecule has 0 radical (unpaired) electrons. The molecular formula is C42H48N6O12. The van der Waals surface area contributed by atoms with Gasteiger partial charge in [0, 0.05) is 24.9 Å². The van der Waals surface area contributed by atoms with Gasteiger partial charge in [-0.05, 0) is 48.6 Å². The number of carboxylic acid groups (broad SMARTS) is 2. The van der Waals surface area contributed by atoms with Crippen molar-refractivity contribution >= 4 is 53.2 Å². The van der Waals surface area contributed by atoms with Gasteiger partial charge >= 0.3 is 11.9 Å². The van der Waals surface area contributed by atoms with Crippen molar-refractivity contribution in [3.05, 3.63) is 107 Å². The summed E-state index contributed by atoms with van der Waals surface area (Å²) >= 11 is 0. The first-order valence-corrected chi connectivity index (χ1v) is 19.3. The van der Waals surface area contributed by atoms with Gasteiger partial charge in [-0.15, -0.1) is 0 Å². The van der Waals surface area contributed by atoms with Gasteiger partial charge in [0.1, 0.15) is 18.1 Å². The zero-order valence-electron chi connectivity index (χ0n) is 32.8. The molecule has 0 saturated carbocycles. The average Bonchev–Trinajstić information content (AvgIpc) is 3.68. The molecule has 18 heteroatoms. The highest BCUT2D eigenvalue weighted by atomic mass is 16.5. The van der Waals surface area contributed by atoms with E-state index in [0.717, 1.165) is 11.6 Å². The minimum absolute atomic E-state index is 0.000173. The molecule has 0 spiro atoms. The second-order valence-corrected chi connectivity index (χ2v) is 14.1. The minimum Gasteiger partial charge on any atom is -0.481 e. The third-order valence-electron chi connectivity index (χ3n) is 9.60. The summed E-state index contributed by atoms with van der Waals surface area (Å²) in [7, 11) is 0. The maximum atomic E-state index is 14.3. The standard InChI is InChI=1S/C42H48N6O12/c1-2-11-30(36(52)40(56)44-22-33(49)47-35(37(43)53)26-14-7-4-8-15-26)45-39(55)32-21-29(60-24-25-12-5-3-6-13-25)23-48(32)41(57)31(18-10-19-34(50)51)46-38(54)27-16-9-17-28(20-27)42(58)59/h3-9,12-17,20,29-32,35H,2,10-11,18-19,21-24H2,1H3,(H2,43,53)(H,44,56)(H,45,55)(H,46,54)(H,47,49)(H,50,51)(H,58,59)/t29-,30?,31+,32+,35+/m1/s1. The number of aliphatic carboxylic acids is 1. The number of carbonyl (C=O) groups is 9. The molecule has 60 heavy (non-hydrogen) atoms. The molecule has 1 aliphatic heterocycles. The Morgan fingerprint density at radius 3 is 2.12 bits per heavy atom. The summed E-state index contributed by atoms with van der Waals surface area (Å²) in [5.74, 6) is -8.78. The fourth-order valence-electron chi connectivity index (χ4n) is 6.56. The van der Waals surface area contributed by atoms with Crippen molar-refractivity contribution < 1.29 is 58.1 Å². The number of amides is 6. The van der Waals surface area contributed by atoms with Crippen molar-refractivity contribution in [1.29, 1.82) is 0 Å². The van der Waals surface area contributed by atoms with E-state index >= 15 is 0 Å². The van der Waals surface area contributed by atoms with Gasteiger partial charge in [-0.2, -0.15) is 0 Å². The number of hydrogen-bond donors (Lipinski definition) is 7. The Hall–Kier alpha value is -6.95. The fraction of sp³-hybridized carbons (Fsp3) is 0.357. The molecule has 1 unspecified atom stereocenters. The van der Waals surface area contributed by atoms with Gasteiger partial charge in [0.05, 0.1) is 30.9 Å². The Morgan fingerprint density at radius 1 is 0.817 bits per heavy atom. The molecule has 318 valence electrons. The number of rotatable bonds is 22. The molecule has 1 saturated heterocycles. The third-order valence-corrected chi connectivity index (χ3v) is 9.60. The number of nitrogens with one attached hydrogen (secondary N) is 4. The van der Waals surface area contributed by atoms with Crippen LogP contribution < -0.4 is 27.0 Å². The van der Waals surface area contributed by atoms with Crippen LogP contribution in [0.3, 0.4) is 0 Å². The topological polar surface area (TPSA) is 281 Å². The molecule has 1 heterocycles. The Balaban J connectivity index is 1.52. The molecule has 3 aromatic rings. The third kappa shape index (κ3) is 13.3. The van der Waals surface area contributed by atoms with Gasteiger partial charge < -0.3 is 46.9 Å². The van der Waals surface area contributed by atoms with Gasteiger partial charge in [0.15, 0.2) is 0 Å². The van der Waals surface area contributed by atoms with Crippen LogP contribution >= 0.6 is 0 Å². The first-order chi connectivity index (χ1) is 28.7. The van der Waals surface area contributed by atoms with E-state index in [1.165, 1.54) is 23.1 Å². The van der Waals surface area contributed by atoms with Crippen LogP contribution in [0.25, 0.3) is 0 Å². The lowest BCUT2D eigenvalue weighted by Gasteiger charge is -2.29. The lowest BCUT2D eigenvalue weighted by molar-refractivity contribution is -0.143. The molecule has 6 amide bonds. The number of nitrogens with zero attached hydrogens (tertiary/aromatic N) is 1. The Kier molecular flexibility index (Phi) is 17.0. The number of nitrogens with two attached hydrogens (primary N) is 1. The fourth-order valence-corrected chi connectivity index (χ4v) is 6.56. The highest BCUT2D eigenvalue weighted by Crippen LogP contribution is 2.25. The quantitative estimate of drug-likeness (QED) is 0.0705. The summed E-state index contributed by atoms with van der Waals surface area (Å²) in [6, 6.07) is 17.1. The minimum atomic E-state index is -1.39. The number of hydrogen-bond acceptors (Lipinski definition) is 10. The summed E-state index contributed by atoms with van der Waals surface area (Å²) in [5, 5.41) is 28.5. The first-order valence-electron chi connectivity index (χ1n) is 19.3. The number of benzene rings is 3. The molecule has 0 aromatic heterocycles. The molecule has 18 nitrogen and oxygen atoms in total. The van der Waals surface area contributed by atoms with E-state index in [0.29, 0.717) is 12.0 Å². The zero-order valence-corrected chi connectivity index (χ0v) is 32.8. The van der Waals surface area contributed by atoms with E-state index in [2.05, 4.69) is 21.3 Å². The van der Waals surface area contributed by atoms with Crippen molar-refractivity contribution in [2.75, 3.05) is 13.1 Å². The highest BCUT2D eigenvalue weighted by molar-refractivity contribution is 6.38. The van der Waals surface area contributed by atoms with Crippen LogP contribution in [0.4, 0.5) is 0 Å². The largest absolute Gasteiger partial charge is 0.481 e. The molecule has 0 aliphatic carbocycles. The van der Waals surface area contributed by atoms with Crippen LogP contribution in [-0.4, -0.2) is 106 Å². The number of carbonyl (C=O) groups excluding carboxylic acids is 7. The number of ether oxygens (including phenoxy) is 1. The zero-order chi connectivity index (χ0) is 43.8. The number of aromatic carboxylic acids is 1. The van der Waals surface area contributed by atoms with Gasteiger partial charge in [-0.25, -0.2) is 4.79 Å². The van der Waals surface area contributed by atoms with Crippen molar-refractivity contribution in [2.24, 2.45) is 5.73 Å². The van der Waals surface area contributed by atoms with Gasteiger partial charge in [-0.3, -0.25) is 38.4 Å². The Morgan fingerprint density at radius 2 is 1.48 bits per heavy atom. The Labute approximate surface area is 345 Å². The van der Waals surface area contributed by atoms with Crippen LogP contribution in [0.15, 0.2) is 84.9 Å². The van der Waals surface area contributed by atoms with Gasteiger partial charge in [0.2, 0.25) is 29.4 Å². The highest BCUT2D eigenvalue weighted by Gasteiger charge is 2.43. The second kappa shape index (κ2) is 22.3. The van der Waals surface area contributed by atoms with Crippen molar-refractivity contribution in [3.63, 3.8) is 0 Å². The summed E-state index contributed by atoms with van der Waals surface area (Å²) < 4.78 is 6.10.